The molecule has 9 nitrogen and oxygen atoms in total. The Morgan fingerprint density at radius 1 is 1.08 bits per heavy atom. The number of nitro groups is 1. The van der Waals surface area contributed by atoms with Crippen LogP contribution in [0.4, 0.5) is 10.5 Å². The van der Waals surface area contributed by atoms with E-state index in [1.807, 2.05) is 0 Å². The zero-order chi connectivity index (χ0) is 17.6. The van der Waals surface area contributed by atoms with Gasteiger partial charge in [0.2, 0.25) is 0 Å². The lowest BCUT2D eigenvalue weighted by Gasteiger charge is -2.07. The van der Waals surface area contributed by atoms with Crippen LogP contribution in [0.15, 0.2) is 59.5 Å². The summed E-state index contributed by atoms with van der Waals surface area (Å²) in [6.45, 7) is -0.0619. The number of hydroxylamine groups is 1. The number of benzene rings is 2. The molecule has 0 heterocycles. The molecule has 10 heteroatoms. The van der Waals surface area contributed by atoms with Crippen molar-refractivity contribution in [2.45, 2.75) is 11.5 Å². The van der Waals surface area contributed by atoms with Crippen LogP contribution < -0.4 is 5.48 Å². The van der Waals surface area contributed by atoms with Crippen LogP contribution in [0, 0.1) is 10.1 Å². The van der Waals surface area contributed by atoms with Crippen molar-refractivity contribution < 1.29 is 27.2 Å². The average molecular weight is 352 g/mol. The molecule has 0 spiro atoms. The van der Waals surface area contributed by atoms with Gasteiger partial charge in [0, 0.05) is 12.1 Å². The summed E-state index contributed by atoms with van der Waals surface area (Å²) in [4.78, 5) is 20.9. The molecule has 126 valence electrons. The fourth-order valence-electron chi connectivity index (χ4n) is 1.62. The van der Waals surface area contributed by atoms with Crippen LogP contribution in [0.25, 0.3) is 0 Å². The molecule has 0 bridgehead atoms. The summed E-state index contributed by atoms with van der Waals surface area (Å²) < 4.78 is 32.8. The normalized spacial score (nSPS) is 10.8. The standard InChI is InChI=1S/C14H12N2O7S/c17-14(22-10-11-4-2-1-3-5-11)15-23-24(20,21)13-8-6-12(7-9-13)16(18)19/h1-9H,10H2,(H,15,17). The van der Waals surface area contributed by atoms with Gasteiger partial charge in [-0.15, -0.1) is 4.28 Å². The number of rotatable bonds is 6. The summed E-state index contributed by atoms with van der Waals surface area (Å²) in [5.41, 5.74) is 2.09. The van der Waals surface area contributed by atoms with Gasteiger partial charge >= 0.3 is 16.2 Å². The number of hydrogen-bond acceptors (Lipinski definition) is 7. The van der Waals surface area contributed by atoms with Crippen LogP contribution in [0.1, 0.15) is 5.56 Å². The third-order valence-electron chi connectivity index (χ3n) is 2.78. The van der Waals surface area contributed by atoms with Crippen molar-refractivity contribution >= 4 is 21.9 Å². The number of ether oxygens (including phenoxy) is 1. The van der Waals surface area contributed by atoms with E-state index in [0.29, 0.717) is 5.56 Å². The summed E-state index contributed by atoms with van der Waals surface area (Å²) in [5.74, 6) is 0. The molecule has 24 heavy (non-hydrogen) atoms. The molecule has 0 unspecified atom stereocenters. The summed E-state index contributed by atoms with van der Waals surface area (Å²) >= 11 is 0. The van der Waals surface area contributed by atoms with Gasteiger partial charge in [0.25, 0.3) is 5.69 Å². The van der Waals surface area contributed by atoms with Crippen LogP contribution in [-0.4, -0.2) is 19.4 Å². The quantitative estimate of drug-likeness (QED) is 0.623. The van der Waals surface area contributed by atoms with Crippen LogP contribution in [-0.2, 0) is 25.7 Å². The molecule has 0 saturated carbocycles. The predicted octanol–water partition coefficient (Wildman–Crippen LogP) is 2.14. The topological polar surface area (TPSA) is 125 Å². The Morgan fingerprint density at radius 2 is 1.71 bits per heavy atom. The number of nitrogens with zero attached hydrogens (tertiary/aromatic N) is 1. The van der Waals surface area contributed by atoms with E-state index in [0.717, 1.165) is 24.3 Å². The minimum Gasteiger partial charge on any atom is -0.443 e. The van der Waals surface area contributed by atoms with Gasteiger partial charge in [0.15, 0.2) is 0 Å². The molecule has 0 aromatic heterocycles. The summed E-state index contributed by atoms with van der Waals surface area (Å²) in [7, 11) is -4.32. The van der Waals surface area contributed by atoms with Crippen molar-refractivity contribution in [3.8, 4) is 0 Å². The highest BCUT2D eigenvalue weighted by Crippen LogP contribution is 2.17. The Balaban J connectivity index is 1.89. The molecule has 2 rings (SSSR count). The number of hydrogen-bond donors (Lipinski definition) is 1. The second-order valence-electron chi connectivity index (χ2n) is 4.45. The molecule has 0 aliphatic rings. The first-order valence-electron chi connectivity index (χ1n) is 6.53. The van der Waals surface area contributed by atoms with E-state index in [2.05, 4.69) is 4.28 Å². The molecular weight excluding hydrogens is 340 g/mol. The van der Waals surface area contributed by atoms with Gasteiger partial charge < -0.3 is 4.74 Å². The molecule has 0 radical (unpaired) electrons. The van der Waals surface area contributed by atoms with E-state index in [1.54, 1.807) is 35.8 Å². The summed E-state index contributed by atoms with van der Waals surface area (Å²) in [6, 6.07) is 12.7. The number of carbonyl (C=O) groups excluding carboxylic acids is 1. The number of carbonyl (C=O) groups is 1. The van der Waals surface area contributed by atoms with Crippen LogP contribution >= 0.6 is 0 Å². The minimum atomic E-state index is -4.32. The van der Waals surface area contributed by atoms with Gasteiger partial charge in [-0.25, -0.2) is 4.79 Å². The number of nitrogens with one attached hydrogen (secondary N) is 1. The van der Waals surface area contributed by atoms with Crippen molar-refractivity contribution in [1.82, 2.24) is 5.48 Å². The average Bonchev–Trinajstić information content (AvgIpc) is 2.59. The molecule has 1 N–H and O–H groups in total. The minimum absolute atomic E-state index is 0.0619. The third-order valence-corrected chi connectivity index (χ3v) is 3.94. The summed E-state index contributed by atoms with van der Waals surface area (Å²) in [5, 5.41) is 10.5. The Hall–Kier alpha value is -2.98. The molecule has 2 aromatic rings. The molecule has 1 amide bonds. The highest BCUT2D eigenvalue weighted by atomic mass is 32.2. The maximum atomic E-state index is 11.8. The van der Waals surface area contributed by atoms with E-state index in [-0.39, 0.29) is 17.2 Å². The van der Waals surface area contributed by atoms with Gasteiger partial charge in [-0.2, -0.15) is 13.9 Å². The van der Waals surface area contributed by atoms with Crippen molar-refractivity contribution in [3.05, 3.63) is 70.3 Å². The fraction of sp³-hybridized carbons (Fsp3) is 0.0714. The first-order chi connectivity index (χ1) is 11.4. The highest BCUT2D eigenvalue weighted by Gasteiger charge is 2.19. The second-order valence-corrected chi connectivity index (χ2v) is 6.00. The van der Waals surface area contributed by atoms with Crippen molar-refractivity contribution in [3.63, 3.8) is 0 Å². The number of amides is 1. The van der Waals surface area contributed by atoms with Gasteiger partial charge in [0.05, 0.1) is 9.82 Å². The lowest BCUT2D eigenvalue weighted by atomic mass is 10.2. The van der Waals surface area contributed by atoms with E-state index in [9.17, 15) is 23.3 Å². The van der Waals surface area contributed by atoms with Gasteiger partial charge in [-0.05, 0) is 17.7 Å². The lowest BCUT2D eigenvalue weighted by Crippen LogP contribution is -2.27. The largest absolute Gasteiger partial charge is 0.443 e. The molecule has 0 aliphatic heterocycles. The molecule has 0 saturated heterocycles. The third kappa shape index (κ3) is 4.76. The number of nitro benzene ring substituents is 1. The lowest BCUT2D eigenvalue weighted by molar-refractivity contribution is -0.384. The maximum Gasteiger partial charge on any atom is 0.432 e. The fourth-order valence-corrected chi connectivity index (χ4v) is 2.37. The Kier molecular flexibility index (Phi) is 5.45. The van der Waals surface area contributed by atoms with E-state index < -0.39 is 21.1 Å². The Labute approximate surface area is 137 Å². The Bertz CT molecular complexity index is 820. The molecule has 0 fully saturated rings. The van der Waals surface area contributed by atoms with Crippen LogP contribution in [0.2, 0.25) is 0 Å². The van der Waals surface area contributed by atoms with E-state index in [1.165, 1.54) is 0 Å². The molecule has 2 aromatic carbocycles. The van der Waals surface area contributed by atoms with Crippen molar-refractivity contribution in [2.75, 3.05) is 0 Å². The second kappa shape index (κ2) is 7.53. The van der Waals surface area contributed by atoms with E-state index >= 15 is 0 Å². The maximum absolute atomic E-state index is 11.8. The first-order valence-corrected chi connectivity index (χ1v) is 7.94. The van der Waals surface area contributed by atoms with E-state index in [4.69, 9.17) is 4.74 Å². The molecule has 0 atom stereocenters. The van der Waals surface area contributed by atoms with Crippen LogP contribution in [0.5, 0.6) is 0 Å². The van der Waals surface area contributed by atoms with Gasteiger partial charge in [-0.1, -0.05) is 30.3 Å². The highest BCUT2D eigenvalue weighted by molar-refractivity contribution is 7.86. The smallest absolute Gasteiger partial charge is 0.432 e. The first kappa shape index (κ1) is 17.4. The van der Waals surface area contributed by atoms with Gasteiger partial charge in [0.1, 0.15) is 6.61 Å². The zero-order valence-corrected chi connectivity index (χ0v) is 12.9. The molecular formula is C14H12N2O7S. The number of non-ortho nitro benzene ring substituents is 1. The summed E-state index contributed by atoms with van der Waals surface area (Å²) in [6.07, 6.45) is -1.09. The van der Waals surface area contributed by atoms with Crippen LogP contribution in [0.3, 0.4) is 0 Å². The van der Waals surface area contributed by atoms with Crippen molar-refractivity contribution in [2.24, 2.45) is 0 Å². The predicted molar refractivity (Wildman–Crippen MR) is 81.1 cm³/mol. The van der Waals surface area contributed by atoms with Gasteiger partial charge in [-0.3, -0.25) is 10.1 Å². The zero-order valence-electron chi connectivity index (χ0n) is 12.1. The monoisotopic (exact) mass is 352 g/mol. The van der Waals surface area contributed by atoms with Crippen molar-refractivity contribution in [1.29, 1.82) is 0 Å². The SMILES string of the molecule is O=C(NOS(=O)(=O)c1ccc([N+](=O)[O-])cc1)OCc1ccccc1. The molecule has 0 aliphatic carbocycles. The Morgan fingerprint density at radius 3 is 2.29 bits per heavy atom.